The van der Waals surface area contributed by atoms with Crippen molar-refractivity contribution < 1.29 is 19.4 Å². The number of halogens is 1. The van der Waals surface area contributed by atoms with E-state index in [0.717, 1.165) is 50.2 Å². The molecule has 2 aliphatic rings. The third-order valence-electron chi connectivity index (χ3n) is 6.38. The lowest BCUT2D eigenvalue weighted by Crippen LogP contribution is -2.46. The van der Waals surface area contributed by atoms with Crippen molar-refractivity contribution in [1.82, 2.24) is 20.3 Å². The van der Waals surface area contributed by atoms with Crippen molar-refractivity contribution in [3.8, 4) is 0 Å². The fourth-order valence-electron chi connectivity index (χ4n) is 4.24. The standard InChI is InChI=1S/C24H30ClN5O4/c25-18-14-26-15-28-20(18)24(9-10-24)23(33)30-19(22(31)32)8-13-34-12-2-1-5-17-7-6-16-4-3-11-27-21(16)29-17/h6-7,14-15,19H,1-5,8-13H2,(H,27,29)(H,30,33)(H,31,32). The van der Waals surface area contributed by atoms with Crippen molar-refractivity contribution in [3.05, 3.63) is 46.6 Å². The van der Waals surface area contributed by atoms with Crippen LogP contribution in [0.3, 0.4) is 0 Å². The van der Waals surface area contributed by atoms with Crippen LogP contribution in [-0.2, 0) is 32.6 Å². The Hall–Kier alpha value is -2.78. The zero-order valence-corrected chi connectivity index (χ0v) is 19.8. The van der Waals surface area contributed by atoms with E-state index in [-0.39, 0.29) is 18.9 Å². The van der Waals surface area contributed by atoms with Gasteiger partial charge >= 0.3 is 5.97 Å². The van der Waals surface area contributed by atoms with Crippen LogP contribution in [0.15, 0.2) is 24.7 Å². The molecule has 2 aromatic heterocycles. The Labute approximate surface area is 203 Å². The summed E-state index contributed by atoms with van der Waals surface area (Å²) in [6, 6.07) is 3.22. The average Bonchev–Trinajstić information content (AvgIpc) is 3.64. The van der Waals surface area contributed by atoms with Gasteiger partial charge in [0.15, 0.2) is 0 Å². The molecular formula is C24H30ClN5O4. The molecule has 0 spiro atoms. The van der Waals surface area contributed by atoms with E-state index >= 15 is 0 Å². The second-order valence-electron chi connectivity index (χ2n) is 8.86. The van der Waals surface area contributed by atoms with Gasteiger partial charge in [-0.05, 0) is 56.6 Å². The van der Waals surface area contributed by atoms with Gasteiger partial charge in [-0.3, -0.25) is 4.79 Å². The van der Waals surface area contributed by atoms with E-state index in [4.69, 9.17) is 21.3 Å². The highest BCUT2D eigenvalue weighted by atomic mass is 35.5. The number of pyridine rings is 1. The Morgan fingerprint density at radius 2 is 2.12 bits per heavy atom. The molecule has 1 fully saturated rings. The van der Waals surface area contributed by atoms with Crippen LogP contribution in [0.4, 0.5) is 5.82 Å². The molecule has 0 saturated heterocycles. The summed E-state index contributed by atoms with van der Waals surface area (Å²) in [6.45, 7) is 1.76. The van der Waals surface area contributed by atoms with Crippen molar-refractivity contribution in [2.45, 2.75) is 62.8 Å². The number of anilines is 1. The fourth-order valence-corrected chi connectivity index (χ4v) is 4.52. The fraction of sp³-hybridized carbons (Fsp3) is 0.542. The Kier molecular flexibility index (Phi) is 7.95. The van der Waals surface area contributed by atoms with Crippen LogP contribution in [0.25, 0.3) is 0 Å². The molecule has 4 rings (SSSR count). The smallest absolute Gasteiger partial charge is 0.326 e. The molecule has 10 heteroatoms. The van der Waals surface area contributed by atoms with Gasteiger partial charge in [0.1, 0.15) is 18.2 Å². The van der Waals surface area contributed by atoms with Crippen molar-refractivity contribution >= 4 is 29.3 Å². The monoisotopic (exact) mass is 487 g/mol. The number of carbonyl (C=O) groups is 2. The van der Waals surface area contributed by atoms with E-state index in [0.29, 0.717) is 30.2 Å². The predicted octanol–water partition coefficient (Wildman–Crippen LogP) is 2.91. The van der Waals surface area contributed by atoms with E-state index in [9.17, 15) is 14.7 Å². The first-order valence-electron chi connectivity index (χ1n) is 11.8. The van der Waals surface area contributed by atoms with Gasteiger partial charge in [-0.15, -0.1) is 0 Å². The highest BCUT2D eigenvalue weighted by molar-refractivity contribution is 6.31. The number of nitrogens with one attached hydrogen (secondary N) is 2. The number of carboxylic acids is 1. The summed E-state index contributed by atoms with van der Waals surface area (Å²) in [5.41, 5.74) is 1.94. The summed E-state index contributed by atoms with van der Waals surface area (Å²) in [5.74, 6) is -0.446. The molecule has 9 nitrogen and oxygen atoms in total. The highest BCUT2D eigenvalue weighted by Gasteiger charge is 2.54. The molecular weight excluding hydrogens is 458 g/mol. The van der Waals surface area contributed by atoms with E-state index < -0.39 is 17.4 Å². The molecule has 0 aromatic carbocycles. The van der Waals surface area contributed by atoms with Crippen LogP contribution in [0.1, 0.15) is 55.5 Å². The largest absolute Gasteiger partial charge is 0.480 e. The minimum atomic E-state index is -1.09. The van der Waals surface area contributed by atoms with Gasteiger partial charge in [-0.1, -0.05) is 17.7 Å². The second-order valence-corrected chi connectivity index (χ2v) is 9.27. The number of hydrogen-bond donors (Lipinski definition) is 3. The van der Waals surface area contributed by atoms with Gasteiger partial charge < -0.3 is 20.5 Å². The first kappa shape index (κ1) is 24.3. The third-order valence-corrected chi connectivity index (χ3v) is 6.66. The van der Waals surface area contributed by atoms with Crippen LogP contribution in [-0.4, -0.2) is 57.7 Å². The maximum atomic E-state index is 12.8. The molecule has 0 radical (unpaired) electrons. The maximum Gasteiger partial charge on any atom is 0.326 e. The lowest BCUT2D eigenvalue weighted by Gasteiger charge is -2.20. The molecule has 1 amide bonds. The Morgan fingerprint density at radius 3 is 2.88 bits per heavy atom. The van der Waals surface area contributed by atoms with Crippen LogP contribution < -0.4 is 10.6 Å². The zero-order chi connectivity index (χ0) is 24.0. The molecule has 1 unspecified atom stereocenters. The number of carbonyl (C=O) groups excluding carboxylic acids is 1. The maximum absolute atomic E-state index is 12.8. The minimum Gasteiger partial charge on any atom is -0.480 e. The average molecular weight is 488 g/mol. The van der Waals surface area contributed by atoms with Crippen LogP contribution in [0, 0.1) is 0 Å². The van der Waals surface area contributed by atoms with Gasteiger partial charge in [0.2, 0.25) is 5.91 Å². The minimum absolute atomic E-state index is 0.187. The van der Waals surface area contributed by atoms with Gasteiger partial charge in [0, 0.05) is 38.1 Å². The number of aromatic nitrogens is 3. The number of hydrogen-bond acceptors (Lipinski definition) is 7. The molecule has 34 heavy (non-hydrogen) atoms. The normalized spacial score (nSPS) is 16.7. The van der Waals surface area contributed by atoms with Crippen LogP contribution in [0.5, 0.6) is 0 Å². The first-order valence-corrected chi connectivity index (χ1v) is 12.2. The van der Waals surface area contributed by atoms with E-state index in [1.807, 2.05) is 0 Å². The summed E-state index contributed by atoms with van der Waals surface area (Å²) in [7, 11) is 0. The summed E-state index contributed by atoms with van der Waals surface area (Å²) in [5, 5.41) is 15.9. The number of fused-ring (bicyclic) bond motifs is 1. The van der Waals surface area contributed by atoms with Crippen molar-refractivity contribution in [3.63, 3.8) is 0 Å². The molecule has 0 bridgehead atoms. The molecule has 2 aromatic rings. The number of nitrogens with zero attached hydrogens (tertiary/aromatic N) is 3. The van der Waals surface area contributed by atoms with Gasteiger partial charge in [-0.25, -0.2) is 19.7 Å². The summed E-state index contributed by atoms with van der Waals surface area (Å²) >= 11 is 6.16. The van der Waals surface area contributed by atoms with E-state index in [2.05, 4.69) is 32.7 Å². The number of amides is 1. The summed E-state index contributed by atoms with van der Waals surface area (Å²) < 4.78 is 5.64. The number of aliphatic carboxylic acids is 1. The SMILES string of the molecule is O=C(O)C(CCOCCCCc1ccc2c(n1)NCCC2)NC(=O)C1(c2ncncc2Cl)CC1. The summed E-state index contributed by atoms with van der Waals surface area (Å²) in [6.07, 6.45) is 9.02. The molecule has 1 aliphatic carbocycles. The Morgan fingerprint density at radius 1 is 1.26 bits per heavy atom. The quantitative estimate of drug-likeness (QED) is 0.390. The predicted molar refractivity (Wildman–Crippen MR) is 127 cm³/mol. The van der Waals surface area contributed by atoms with Gasteiger partial charge in [0.05, 0.1) is 16.1 Å². The van der Waals surface area contributed by atoms with Crippen molar-refractivity contribution in [1.29, 1.82) is 0 Å². The molecule has 3 heterocycles. The molecule has 1 atom stereocenters. The van der Waals surface area contributed by atoms with E-state index in [1.165, 1.54) is 18.1 Å². The number of aryl methyl sites for hydroxylation is 2. The Bertz CT molecular complexity index is 1030. The molecule has 182 valence electrons. The zero-order valence-electron chi connectivity index (χ0n) is 19.1. The number of rotatable bonds is 12. The van der Waals surface area contributed by atoms with Crippen molar-refractivity contribution in [2.24, 2.45) is 0 Å². The van der Waals surface area contributed by atoms with Crippen LogP contribution in [0.2, 0.25) is 5.02 Å². The molecule has 1 saturated carbocycles. The van der Waals surface area contributed by atoms with Gasteiger partial charge in [-0.2, -0.15) is 0 Å². The Balaban J connectivity index is 1.16. The lowest BCUT2D eigenvalue weighted by atomic mass is 10.00. The van der Waals surface area contributed by atoms with E-state index in [1.54, 1.807) is 0 Å². The molecule has 3 N–H and O–H groups in total. The number of carboxylic acid groups (broad SMARTS) is 1. The van der Waals surface area contributed by atoms with Gasteiger partial charge in [0.25, 0.3) is 0 Å². The number of unbranched alkanes of at least 4 members (excludes halogenated alkanes) is 1. The lowest BCUT2D eigenvalue weighted by molar-refractivity contribution is -0.142. The topological polar surface area (TPSA) is 126 Å². The van der Waals surface area contributed by atoms with Crippen LogP contribution >= 0.6 is 11.6 Å². The summed E-state index contributed by atoms with van der Waals surface area (Å²) in [4.78, 5) is 37.2. The second kappa shape index (κ2) is 11.1. The number of ether oxygens (including phenoxy) is 1. The molecule has 1 aliphatic heterocycles. The highest BCUT2D eigenvalue weighted by Crippen LogP contribution is 2.49. The van der Waals surface area contributed by atoms with Crippen molar-refractivity contribution in [2.75, 3.05) is 25.1 Å². The third kappa shape index (κ3) is 5.82. The first-order chi connectivity index (χ1) is 16.5.